The summed E-state index contributed by atoms with van der Waals surface area (Å²) < 4.78 is 10.4. The molecule has 108 valence electrons. The average molecular weight is 261 g/mol. The zero-order valence-electron chi connectivity index (χ0n) is 11.7. The molecule has 0 amide bonds. The lowest BCUT2D eigenvalue weighted by atomic mass is 10.5. The van der Waals surface area contributed by atoms with E-state index >= 15 is 0 Å². The van der Waals surface area contributed by atoms with Crippen LogP contribution in [0.4, 0.5) is 0 Å². The number of ether oxygens (including phenoxy) is 2. The Bertz CT molecular complexity index is 212. The van der Waals surface area contributed by atoms with Crippen molar-refractivity contribution < 1.29 is 9.47 Å². The van der Waals surface area contributed by atoms with E-state index in [0.717, 1.165) is 19.6 Å². The first kappa shape index (κ1) is 17.1. The Morgan fingerprint density at radius 2 is 2.06 bits per heavy atom. The molecular formula is C11H27N5O2. The lowest BCUT2D eigenvalue weighted by molar-refractivity contribution is 0.121. The fourth-order valence-corrected chi connectivity index (χ4v) is 1.14. The molecule has 0 radical (unpaired) electrons. The van der Waals surface area contributed by atoms with Crippen LogP contribution in [0.3, 0.4) is 0 Å². The van der Waals surface area contributed by atoms with E-state index in [-0.39, 0.29) is 0 Å². The van der Waals surface area contributed by atoms with Crippen molar-refractivity contribution in [3.63, 3.8) is 0 Å². The Balaban J connectivity index is 3.49. The maximum Gasteiger partial charge on any atom is 0.205 e. The zero-order valence-corrected chi connectivity index (χ0v) is 11.7. The van der Waals surface area contributed by atoms with Gasteiger partial charge in [0.2, 0.25) is 5.96 Å². The van der Waals surface area contributed by atoms with Crippen molar-refractivity contribution in [2.75, 3.05) is 60.7 Å². The van der Waals surface area contributed by atoms with Gasteiger partial charge in [-0.25, -0.2) is 5.84 Å². The van der Waals surface area contributed by atoms with Crippen LogP contribution in [-0.4, -0.2) is 71.5 Å². The topological polar surface area (TPSA) is 84.1 Å². The molecule has 0 aliphatic carbocycles. The standard InChI is InChI=1S/C11H27N5O2/c1-16(2)7-10-18-9-6-14-11(15-12)13-5-4-8-17-3/h4-10,12H2,1-3H3,(H2,13,14,15). The third kappa shape index (κ3) is 11.6. The predicted molar refractivity (Wildman–Crippen MR) is 73.5 cm³/mol. The maximum absolute atomic E-state index is 5.43. The van der Waals surface area contributed by atoms with Gasteiger partial charge in [-0.1, -0.05) is 0 Å². The van der Waals surface area contributed by atoms with Crippen molar-refractivity contribution in [2.45, 2.75) is 6.42 Å². The van der Waals surface area contributed by atoms with Crippen molar-refractivity contribution >= 4 is 5.96 Å². The van der Waals surface area contributed by atoms with E-state index in [9.17, 15) is 0 Å². The van der Waals surface area contributed by atoms with E-state index in [4.69, 9.17) is 15.3 Å². The average Bonchev–Trinajstić information content (AvgIpc) is 2.35. The quantitative estimate of drug-likeness (QED) is 0.154. The molecule has 0 bridgehead atoms. The SMILES string of the molecule is COCCCN=C(NN)NCCOCCN(C)C. The fraction of sp³-hybridized carbons (Fsp3) is 0.909. The van der Waals surface area contributed by atoms with Crippen LogP contribution in [-0.2, 0) is 9.47 Å². The minimum atomic E-state index is 0.585. The van der Waals surface area contributed by atoms with Gasteiger partial charge < -0.3 is 19.7 Å². The molecule has 0 fully saturated rings. The van der Waals surface area contributed by atoms with Crippen LogP contribution in [0, 0.1) is 0 Å². The van der Waals surface area contributed by atoms with Crippen molar-refractivity contribution in [1.82, 2.24) is 15.6 Å². The number of nitrogens with one attached hydrogen (secondary N) is 2. The molecule has 18 heavy (non-hydrogen) atoms. The number of methoxy groups -OCH3 is 1. The summed E-state index contributed by atoms with van der Waals surface area (Å²) in [7, 11) is 5.71. The first-order valence-corrected chi connectivity index (χ1v) is 6.17. The number of likely N-dealkylation sites (N-methyl/N-ethyl adjacent to an activating group) is 1. The molecule has 0 unspecified atom stereocenters. The van der Waals surface area contributed by atoms with Gasteiger partial charge in [0.25, 0.3) is 0 Å². The molecular weight excluding hydrogens is 234 g/mol. The number of nitrogens with zero attached hydrogens (tertiary/aromatic N) is 2. The molecule has 0 aliphatic rings. The molecule has 0 rings (SSSR count). The third-order valence-corrected chi connectivity index (χ3v) is 2.13. The minimum Gasteiger partial charge on any atom is -0.385 e. The van der Waals surface area contributed by atoms with E-state index in [1.54, 1.807) is 7.11 Å². The zero-order chi connectivity index (χ0) is 13.6. The van der Waals surface area contributed by atoms with Gasteiger partial charge in [-0.15, -0.1) is 0 Å². The van der Waals surface area contributed by atoms with Crippen molar-refractivity contribution in [3.05, 3.63) is 0 Å². The van der Waals surface area contributed by atoms with Crippen molar-refractivity contribution in [1.29, 1.82) is 0 Å². The summed E-state index contributed by atoms with van der Waals surface area (Å²) in [5.74, 6) is 5.93. The number of nitrogens with two attached hydrogens (primary N) is 1. The van der Waals surface area contributed by atoms with Crippen LogP contribution in [0.1, 0.15) is 6.42 Å². The Kier molecular flexibility index (Phi) is 11.9. The van der Waals surface area contributed by atoms with E-state index in [0.29, 0.717) is 32.3 Å². The van der Waals surface area contributed by atoms with Crippen molar-refractivity contribution in [3.8, 4) is 0 Å². The molecule has 0 saturated heterocycles. The first-order valence-electron chi connectivity index (χ1n) is 6.17. The number of hydrazine groups is 1. The van der Waals surface area contributed by atoms with Gasteiger partial charge in [0.15, 0.2) is 0 Å². The summed E-state index contributed by atoms with van der Waals surface area (Å²) in [5.41, 5.74) is 2.52. The van der Waals surface area contributed by atoms with Gasteiger partial charge in [-0.3, -0.25) is 10.4 Å². The van der Waals surface area contributed by atoms with Gasteiger partial charge in [0.1, 0.15) is 0 Å². The molecule has 0 aromatic heterocycles. The van der Waals surface area contributed by atoms with Crippen LogP contribution in [0.25, 0.3) is 0 Å². The highest BCUT2D eigenvalue weighted by Crippen LogP contribution is 1.82. The van der Waals surface area contributed by atoms with Gasteiger partial charge in [0.05, 0.1) is 13.2 Å². The largest absolute Gasteiger partial charge is 0.385 e. The van der Waals surface area contributed by atoms with Crippen LogP contribution in [0.2, 0.25) is 0 Å². The maximum atomic E-state index is 5.43. The highest BCUT2D eigenvalue weighted by atomic mass is 16.5. The first-order chi connectivity index (χ1) is 8.70. The predicted octanol–water partition coefficient (Wildman–Crippen LogP) is -0.990. The number of hydrogen-bond donors (Lipinski definition) is 3. The molecule has 0 aromatic carbocycles. The lowest BCUT2D eigenvalue weighted by Gasteiger charge is -2.11. The van der Waals surface area contributed by atoms with Gasteiger partial charge in [-0.05, 0) is 20.5 Å². The monoisotopic (exact) mass is 261 g/mol. The van der Waals surface area contributed by atoms with E-state index < -0.39 is 0 Å². The van der Waals surface area contributed by atoms with E-state index in [1.165, 1.54) is 0 Å². The highest BCUT2D eigenvalue weighted by molar-refractivity contribution is 5.79. The summed E-state index contributed by atoms with van der Waals surface area (Å²) in [6.07, 6.45) is 0.878. The summed E-state index contributed by atoms with van der Waals surface area (Å²) in [6, 6.07) is 0. The number of rotatable bonds is 10. The molecule has 0 heterocycles. The second-order valence-corrected chi connectivity index (χ2v) is 4.06. The molecule has 0 aromatic rings. The second-order valence-electron chi connectivity index (χ2n) is 4.06. The Morgan fingerprint density at radius 3 is 2.67 bits per heavy atom. The molecule has 4 N–H and O–H groups in total. The lowest BCUT2D eigenvalue weighted by Crippen LogP contribution is -2.43. The van der Waals surface area contributed by atoms with Gasteiger partial charge in [0, 0.05) is 33.4 Å². The minimum absolute atomic E-state index is 0.585. The number of hydrogen-bond acceptors (Lipinski definition) is 5. The summed E-state index contributed by atoms with van der Waals surface area (Å²) >= 11 is 0. The molecule has 0 aliphatic heterocycles. The van der Waals surface area contributed by atoms with Crippen LogP contribution in [0.5, 0.6) is 0 Å². The van der Waals surface area contributed by atoms with Crippen LogP contribution >= 0.6 is 0 Å². The molecule has 7 heteroatoms. The molecule has 0 spiro atoms. The Hall–Kier alpha value is -0.890. The van der Waals surface area contributed by atoms with Crippen molar-refractivity contribution in [2.24, 2.45) is 10.8 Å². The van der Waals surface area contributed by atoms with Crippen LogP contribution < -0.4 is 16.6 Å². The van der Waals surface area contributed by atoms with E-state index in [1.807, 2.05) is 14.1 Å². The van der Waals surface area contributed by atoms with Gasteiger partial charge >= 0.3 is 0 Å². The normalized spacial score (nSPS) is 11.9. The highest BCUT2D eigenvalue weighted by Gasteiger charge is 1.95. The van der Waals surface area contributed by atoms with Gasteiger partial charge in [-0.2, -0.15) is 0 Å². The Labute approximate surface area is 110 Å². The Morgan fingerprint density at radius 1 is 1.28 bits per heavy atom. The third-order valence-electron chi connectivity index (χ3n) is 2.13. The fourth-order valence-electron chi connectivity index (χ4n) is 1.14. The summed E-state index contributed by atoms with van der Waals surface area (Å²) in [6.45, 7) is 4.35. The summed E-state index contributed by atoms with van der Waals surface area (Å²) in [4.78, 5) is 6.33. The number of guanidine groups is 1. The smallest absolute Gasteiger partial charge is 0.205 e. The van der Waals surface area contributed by atoms with Crippen LogP contribution in [0.15, 0.2) is 4.99 Å². The number of aliphatic imine (C=N–C) groups is 1. The molecule has 0 saturated carbocycles. The molecule has 7 nitrogen and oxygen atoms in total. The van der Waals surface area contributed by atoms with E-state index in [2.05, 4.69) is 20.6 Å². The second kappa shape index (κ2) is 12.6. The molecule has 0 atom stereocenters. The summed E-state index contributed by atoms with van der Waals surface area (Å²) in [5, 5.41) is 3.07.